The van der Waals surface area contributed by atoms with Crippen LogP contribution < -0.4 is 15.5 Å². The molecule has 1 heterocycles. The van der Waals surface area contributed by atoms with Crippen LogP contribution in [0.25, 0.3) is 0 Å². The molecule has 154 valence electrons. The number of rotatable bonds is 10. The number of anilines is 1. The number of hydrogen-bond donors (Lipinski definition) is 3. The van der Waals surface area contributed by atoms with Gasteiger partial charge >= 0.3 is 0 Å². The van der Waals surface area contributed by atoms with Gasteiger partial charge in [0.15, 0.2) is 5.96 Å². The van der Waals surface area contributed by atoms with Crippen LogP contribution in [0.4, 0.5) is 5.69 Å². The van der Waals surface area contributed by atoms with Crippen LogP contribution in [0.3, 0.4) is 0 Å². The monoisotopic (exact) mass is 386 g/mol. The number of nitrogens with zero attached hydrogens (tertiary/aromatic N) is 2. The Morgan fingerprint density at radius 3 is 2.54 bits per heavy atom. The summed E-state index contributed by atoms with van der Waals surface area (Å²) in [6.07, 6.45) is 2.12. The molecular formula is C22H34N4O2. The minimum atomic E-state index is -1.13. The Hall–Kier alpha value is -2.47. The van der Waals surface area contributed by atoms with Gasteiger partial charge in [-0.25, -0.2) is 4.99 Å². The lowest BCUT2D eigenvalue weighted by molar-refractivity contribution is 0.0428. The Labute approximate surface area is 168 Å². The van der Waals surface area contributed by atoms with Gasteiger partial charge in [-0.3, -0.25) is 0 Å². The van der Waals surface area contributed by atoms with Gasteiger partial charge in [-0.05, 0) is 57.9 Å². The number of nitrogens with one attached hydrogen (secondary N) is 2. The van der Waals surface area contributed by atoms with E-state index >= 15 is 0 Å². The standard InChI is InChI=1S/C22H34N4O2/c1-5-23-21(25-17-22(3,27)20-14-13-18(2)28-20)24-15-9-10-16-26(4)19-11-7-6-8-12-19/h6-8,11-14,27H,5,9-10,15-17H2,1-4H3,(H2,23,24,25). The fraction of sp³-hybridized carbons (Fsp3) is 0.500. The molecule has 6 nitrogen and oxygen atoms in total. The van der Waals surface area contributed by atoms with Crippen molar-refractivity contribution < 1.29 is 9.52 Å². The van der Waals surface area contributed by atoms with Crippen LogP contribution in [0.5, 0.6) is 0 Å². The van der Waals surface area contributed by atoms with E-state index < -0.39 is 5.60 Å². The fourth-order valence-electron chi connectivity index (χ4n) is 2.87. The molecule has 0 aliphatic carbocycles. The van der Waals surface area contributed by atoms with E-state index in [1.54, 1.807) is 13.0 Å². The third kappa shape index (κ3) is 6.93. The lowest BCUT2D eigenvalue weighted by Crippen LogP contribution is -2.39. The SMILES string of the molecule is CCNC(=NCC(C)(O)c1ccc(C)o1)NCCCCN(C)c1ccccc1. The first-order valence-electron chi connectivity index (χ1n) is 10.00. The van der Waals surface area contributed by atoms with Crippen molar-refractivity contribution in [2.45, 2.75) is 39.2 Å². The highest BCUT2D eigenvalue weighted by atomic mass is 16.4. The number of furan rings is 1. The van der Waals surface area contributed by atoms with Crippen LogP contribution in [0, 0.1) is 6.92 Å². The number of unbranched alkanes of at least 4 members (excludes halogenated alkanes) is 1. The van der Waals surface area contributed by atoms with Crippen molar-refractivity contribution in [3.8, 4) is 0 Å². The Morgan fingerprint density at radius 2 is 1.89 bits per heavy atom. The van der Waals surface area contributed by atoms with Crippen LogP contribution in [0.2, 0.25) is 0 Å². The van der Waals surface area contributed by atoms with E-state index in [1.807, 2.05) is 26.0 Å². The molecule has 0 aliphatic rings. The first kappa shape index (κ1) is 21.8. The van der Waals surface area contributed by atoms with Gasteiger partial charge in [-0.2, -0.15) is 0 Å². The highest BCUT2D eigenvalue weighted by Gasteiger charge is 2.26. The van der Waals surface area contributed by atoms with Crippen LogP contribution >= 0.6 is 0 Å². The Kier molecular flexibility index (Phi) is 8.39. The molecule has 1 atom stereocenters. The minimum absolute atomic E-state index is 0.228. The van der Waals surface area contributed by atoms with E-state index in [-0.39, 0.29) is 6.54 Å². The normalized spacial score (nSPS) is 13.8. The number of guanidine groups is 1. The maximum atomic E-state index is 10.6. The van der Waals surface area contributed by atoms with Gasteiger partial charge in [-0.1, -0.05) is 18.2 Å². The van der Waals surface area contributed by atoms with Crippen molar-refractivity contribution in [2.24, 2.45) is 4.99 Å². The van der Waals surface area contributed by atoms with Crippen LogP contribution in [-0.2, 0) is 5.60 Å². The smallest absolute Gasteiger partial charge is 0.191 e. The summed E-state index contributed by atoms with van der Waals surface area (Å²) in [5, 5.41) is 17.2. The van der Waals surface area contributed by atoms with E-state index in [4.69, 9.17) is 4.42 Å². The second kappa shape index (κ2) is 10.8. The molecule has 1 unspecified atom stereocenters. The summed E-state index contributed by atoms with van der Waals surface area (Å²) < 4.78 is 5.55. The van der Waals surface area contributed by atoms with E-state index in [9.17, 15) is 5.11 Å². The number of aliphatic hydroxyl groups is 1. The summed E-state index contributed by atoms with van der Waals surface area (Å²) in [5.74, 6) is 2.03. The number of para-hydroxylation sites is 1. The van der Waals surface area contributed by atoms with Crippen LogP contribution in [-0.4, -0.2) is 44.3 Å². The van der Waals surface area contributed by atoms with E-state index in [0.29, 0.717) is 11.7 Å². The largest absolute Gasteiger partial charge is 0.463 e. The van der Waals surface area contributed by atoms with Gasteiger partial charge in [0.1, 0.15) is 17.1 Å². The molecule has 28 heavy (non-hydrogen) atoms. The lowest BCUT2D eigenvalue weighted by atomic mass is 10.0. The summed E-state index contributed by atoms with van der Waals surface area (Å²) in [5.41, 5.74) is 0.107. The highest BCUT2D eigenvalue weighted by Crippen LogP contribution is 2.23. The Balaban J connectivity index is 1.76. The zero-order valence-electron chi connectivity index (χ0n) is 17.5. The molecule has 3 N–H and O–H groups in total. The summed E-state index contributed by atoms with van der Waals surface area (Å²) in [6, 6.07) is 14.1. The van der Waals surface area contributed by atoms with E-state index in [1.165, 1.54) is 5.69 Å². The zero-order chi connectivity index (χ0) is 20.4. The third-order valence-corrected chi connectivity index (χ3v) is 4.57. The molecule has 0 saturated carbocycles. The van der Waals surface area contributed by atoms with Crippen molar-refractivity contribution in [3.05, 3.63) is 54.0 Å². The summed E-state index contributed by atoms with van der Waals surface area (Å²) >= 11 is 0. The predicted octanol–water partition coefficient (Wildman–Crippen LogP) is 3.27. The minimum Gasteiger partial charge on any atom is -0.463 e. The van der Waals surface area contributed by atoms with Crippen molar-refractivity contribution >= 4 is 11.6 Å². The van der Waals surface area contributed by atoms with Crippen molar-refractivity contribution in [3.63, 3.8) is 0 Å². The van der Waals surface area contributed by atoms with Gasteiger partial charge in [-0.15, -0.1) is 0 Å². The molecular weight excluding hydrogens is 352 g/mol. The van der Waals surface area contributed by atoms with Crippen molar-refractivity contribution in [1.82, 2.24) is 10.6 Å². The quantitative estimate of drug-likeness (QED) is 0.332. The number of benzene rings is 1. The molecule has 1 aromatic heterocycles. The van der Waals surface area contributed by atoms with E-state index in [2.05, 4.69) is 51.8 Å². The summed E-state index contributed by atoms with van der Waals surface area (Å²) in [6.45, 7) is 8.44. The van der Waals surface area contributed by atoms with Gasteiger partial charge < -0.3 is 25.1 Å². The summed E-state index contributed by atoms with van der Waals surface area (Å²) in [4.78, 5) is 6.79. The number of aliphatic imine (C=N–C) groups is 1. The molecule has 0 fully saturated rings. The second-order valence-corrected chi connectivity index (χ2v) is 7.27. The number of aryl methyl sites for hydroxylation is 1. The molecule has 0 radical (unpaired) electrons. The van der Waals surface area contributed by atoms with Crippen molar-refractivity contribution in [2.75, 3.05) is 38.1 Å². The average molecular weight is 387 g/mol. The maximum absolute atomic E-state index is 10.6. The molecule has 2 rings (SSSR count). The first-order valence-corrected chi connectivity index (χ1v) is 10.00. The molecule has 0 saturated heterocycles. The highest BCUT2D eigenvalue weighted by molar-refractivity contribution is 5.79. The van der Waals surface area contributed by atoms with Crippen LogP contribution in [0.15, 0.2) is 51.9 Å². The molecule has 2 aromatic rings. The Morgan fingerprint density at radius 1 is 1.14 bits per heavy atom. The first-order chi connectivity index (χ1) is 13.4. The Bertz CT molecular complexity index is 725. The van der Waals surface area contributed by atoms with Crippen LogP contribution in [0.1, 0.15) is 38.2 Å². The molecule has 6 heteroatoms. The fourth-order valence-corrected chi connectivity index (χ4v) is 2.87. The number of hydrogen-bond acceptors (Lipinski definition) is 4. The second-order valence-electron chi connectivity index (χ2n) is 7.27. The topological polar surface area (TPSA) is 73.0 Å². The van der Waals surface area contributed by atoms with Gasteiger partial charge in [0.2, 0.25) is 0 Å². The maximum Gasteiger partial charge on any atom is 0.191 e. The van der Waals surface area contributed by atoms with Gasteiger partial charge in [0.25, 0.3) is 0 Å². The van der Waals surface area contributed by atoms with Crippen molar-refractivity contribution in [1.29, 1.82) is 0 Å². The lowest BCUT2D eigenvalue weighted by Gasteiger charge is -2.20. The summed E-state index contributed by atoms with van der Waals surface area (Å²) in [7, 11) is 2.12. The van der Waals surface area contributed by atoms with E-state index in [0.717, 1.165) is 38.2 Å². The third-order valence-electron chi connectivity index (χ3n) is 4.57. The molecule has 0 bridgehead atoms. The average Bonchev–Trinajstić information content (AvgIpc) is 3.13. The zero-order valence-corrected chi connectivity index (χ0v) is 17.5. The molecule has 0 spiro atoms. The molecule has 0 amide bonds. The van der Waals surface area contributed by atoms with Gasteiger partial charge in [0, 0.05) is 32.4 Å². The molecule has 1 aromatic carbocycles. The van der Waals surface area contributed by atoms with Gasteiger partial charge in [0.05, 0.1) is 6.54 Å². The predicted molar refractivity (Wildman–Crippen MR) is 116 cm³/mol. The molecule has 0 aliphatic heterocycles.